The van der Waals surface area contributed by atoms with Crippen LogP contribution in [-0.2, 0) is 16.2 Å². The molecule has 0 unspecified atom stereocenters. The largest absolute Gasteiger partial charge is 0.493 e. The van der Waals surface area contributed by atoms with Gasteiger partial charge in [0.15, 0.2) is 11.5 Å². The molecule has 35 heavy (non-hydrogen) atoms. The van der Waals surface area contributed by atoms with Crippen molar-refractivity contribution in [3.8, 4) is 11.5 Å². The van der Waals surface area contributed by atoms with Gasteiger partial charge in [-0.1, -0.05) is 54.1 Å². The zero-order chi connectivity index (χ0) is 24.6. The molecule has 2 N–H and O–H groups in total. The van der Waals surface area contributed by atoms with Crippen LogP contribution >= 0.6 is 11.6 Å². The Morgan fingerprint density at radius 3 is 2.49 bits per heavy atom. The molecule has 0 fully saturated rings. The van der Waals surface area contributed by atoms with Crippen molar-refractivity contribution < 1.29 is 19.1 Å². The smallest absolute Gasteiger partial charge is 0.329 e. The van der Waals surface area contributed by atoms with Crippen molar-refractivity contribution in [3.63, 3.8) is 0 Å². The minimum absolute atomic E-state index is 0.379. The Kier molecular flexibility index (Phi) is 7.60. The van der Waals surface area contributed by atoms with Crippen LogP contribution in [0, 0.1) is 0 Å². The van der Waals surface area contributed by atoms with E-state index in [9.17, 15) is 9.59 Å². The number of carbonyl (C=O) groups is 2. The fourth-order valence-corrected chi connectivity index (χ4v) is 3.52. The lowest BCUT2D eigenvalue weighted by molar-refractivity contribution is -0.136. The number of benzene rings is 4. The van der Waals surface area contributed by atoms with Crippen LogP contribution in [0.15, 0.2) is 90.0 Å². The van der Waals surface area contributed by atoms with E-state index in [0.717, 1.165) is 16.3 Å². The highest BCUT2D eigenvalue weighted by Gasteiger charge is 2.13. The van der Waals surface area contributed by atoms with Crippen molar-refractivity contribution >= 4 is 46.1 Å². The lowest BCUT2D eigenvalue weighted by atomic mass is 10.1. The number of ether oxygens (including phenoxy) is 2. The number of fused-ring (bicyclic) bond motifs is 1. The number of hydrazone groups is 1. The first-order valence-electron chi connectivity index (χ1n) is 10.7. The lowest BCUT2D eigenvalue weighted by Gasteiger charge is -2.12. The number of methoxy groups -OCH3 is 1. The number of nitrogens with zero attached hydrogens (tertiary/aromatic N) is 1. The second-order valence-corrected chi connectivity index (χ2v) is 7.93. The maximum Gasteiger partial charge on any atom is 0.329 e. The molecule has 0 saturated carbocycles. The summed E-state index contributed by atoms with van der Waals surface area (Å²) in [5, 5.41) is 9.12. The number of halogens is 1. The summed E-state index contributed by atoms with van der Waals surface area (Å²) >= 11 is 5.81. The summed E-state index contributed by atoms with van der Waals surface area (Å²) in [6.07, 6.45) is 1.41. The molecule has 0 spiro atoms. The van der Waals surface area contributed by atoms with Gasteiger partial charge in [0.1, 0.15) is 6.61 Å². The second-order valence-electron chi connectivity index (χ2n) is 7.50. The Bertz CT molecular complexity index is 1380. The monoisotopic (exact) mass is 487 g/mol. The van der Waals surface area contributed by atoms with Gasteiger partial charge in [-0.2, -0.15) is 5.10 Å². The van der Waals surface area contributed by atoms with Crippen molar-refractivity contribution in [3.05, 3.63) is 101 Å². The summed E-state index contributed by atoms with van der Waals surface area (Å²) in [5.41, 5.74) is 4.36. The maximum absolute atomic E-state index is 12.0. The maximum atomic E-state index is 12.0. The molecule has 0 bridgehead atoms. The number of nitrogens with one attached hydrogen (secondary N) is 2. The predicted octanol–water partition coefficient (Wildman–Crippen LogP) is 5.17. The molecule has 2 amide bonds. The Morgan fingerprint density at radius 1 is 0.914 bits per heavy atom. The molecule has 4 aromatic carbocycles. The van der Waals surface area contributed by atoms with Crippen molar-refractivity contribution in [2.75, 3.05) is 12.4 Å². The van der Waals surface area contributed by atoms with E-state index in [0.29, 0.717) is 34.4 Å². The molecule has 8 heteroatoms. The Balaban J connectivity index is 1.36. The van der Waals surface area contributed by atoms with Crippen molar-refractivity contribution in [2.24, 2.45) is 5.10 Å². The molecule has 7 nitrogen and oxygen atoms in total. The molecule has 4 rings (SSSR count). The van der Waals surface area contributed by atoms with Gasteiger partial charge in [0.2, 0.25) is 0 Å². The lowest BCUT2D eigenvalue weighted by Crippen LogP contribution is -2.32. The topological polar surface area (TPSA) is 89.0 Å². The second kappa shape index (κ2) is 11.2. The summed E-state index contributed by atoms with van der Waals surface area (Å²) in [6, 6.07) is 25.9. The molecule has 176 valence electrons. The van der Waals surface area contributed by atoms with E-state index < -0.39 is 11.8 Å². The third-order valence-electron chi connectivity index (χ3n) is 5.14. The Morgan fingerprint density at radius 2 is 1.69 bits per heavy atom. The van der Waals surface area contributed by atoms with Crippen molar-refractivity contribution in [1.82, 2.24) is 5.43 Å². The minimum atomic E-state index is -0.904. The number of rotatable bonds is 7. The fourth-order valence-electron chi connectivity index (χ4n) is 3.39. The van der Waals surface area contributed by atoms with E-state index in [1.165, 1.54) is 6.21 Å². The summed E-state index contributed by atoms with van der Waals surface area (Å²) in [5.74, 6) is -0.664. The average molecular weight is 488 g/mol. The molecular weight excluding hydrogens is 466 g/mol. The molecule has 0 aliphatic heterocycles. The third kappa shape index (κ3) is 6.16. The molecule has 0 saturated heterocycles. The third-order valence-corrected chi connectivity index (χ3v) is 5.39. The first kappa shape index (κ1) is 23.8. The van der Waals surface area contributed by atoms with Gasteiger partial charge in [-0.05, 0) is 64.4 Å². The molecule has 4 aromatic rings. The predicted molar refractivity (Wildman–Crippen MR) is 137 cm³/mol. The van der Waals surface area contributed by atoms with Gasteiger partial charge < -0.3 is 14.8 Å². The highest BCUT2D eigenvalue weighted by molar-refractivity contribution is 6.39. The minimum Gasteiger partial charge on any atom is -0.493 e. The van der Waals surface area contributed by atoms with Gasteiger partial charge in [0.05, 0.1) is 13.3 Å². The van der Waals surface area contributed by atoms with Gasteiger partial charge in [0, 0.05) is 10.7 Å². The van der Waals surface area contributed by atoms with Crippen LogP contribution in [0.2, 0.25) is 5.02 Å². The molecule has 0 heterocycles. The van der Waals surface area contributed by atoms with Crippen LogP contribution < -0.4 is 20.2 Å². The van der Waals surface area contributed by atoms with Crippen molar-refractivity contribution in [2.45, 2.75) is 6.61 Å². The molecule has 0 aliphatic carbocycles. The zero-order valence-corrected chi connectivity index (χ0v) is 19.6. The fraction of sp³-hybridized carbons (Fsp3) is 0.0741. The van der Waals surface area contributed by atoms with E-state index in [4.69, 9.17) is 21.1 Å². The molecule has 0 aliphatic rings. The highest BCUT2D eigenvalue weighted by Crippen LogP contribution is 2.29. The summed E-state index contributed by atoms with van der Waals surface area (Å²) in [6.45, 7) is 0.379. The molecule has 0 radical (unpaired) electrons. The standard InChI is InChI=1S/C27H22ClN3O4/c1-34-25-15-18(16-29-31-27(33)26(32)30-22-12-10-21(28)11-13-22)9-14-24(25)35-17-20-7-4-6-19-5-2-3-8-23(19)20/h2-16H,17H2,1H3,(H,30,32)(H,31,33). The van der Waals surface area contributed by atoms with Gasteiger partial charge in [0.25, 0.3) is 0 Å². The van der Waals surface area contributed by atoms with Crippen molar-refractivity contribution in [1.29, 1.82) is 0 Å². The van der Waals surface area contributed by atoms with Gasteiger partial charge in [-0.3, -0.25) is 9.59 Å². The van der Waals surface area contributed by atoms with E-state index >= 15 is 0 Å². The normalized spacial score (nSPS) is 10.8. The zero-order valence-electron chi connectivity index (χ0n) is 18.8. The van der Waals surface area contributed by atoms with Crippen LogP contribution in [0.5, 0.6) is 11.5 Å². The molecule has 0 atom stereocenters. The van der Waals surface area contributed by atoms with Crippen LogP contribution in [0.1, 0.15) is 11.1 Å². The van der Waals surface area contributed by atoms with Gasteiger partial charge in [-0.25, -0.2) is 5.43 Å². The van der Waals surface area contributed by atoms with Crippen LogP contribution in [-0.4, -0.2) is 25.1 Å². The SMILES string of the molecule is COc1cc(C=NNC(=O)C(=O)Nc2ccc(Cl)cc2)ccc1OCc1cccc2ccccc12. The van der Waals surface area contributed by atoms with Gasteiger partial charge >= 0.3 is 11.8 Å². The molecular formula is C27H22ClN3O4. The first-order valence-corrected chi connectivity index (χ1v) is 11.1. The van der Waals surface area contributed by atoms with Crippen LogP contribution in [0.25, 0.3) is 10.8 Å². The number of hydrogen-bond donors (Lipinski definition) is 2. The average Bonchev–Trinajstić information content (AvgIpc) is 2.89. The number of hydrogen-bond acceptors (Lipinski definition) is 5. The summed E-state index contributed by atoms with van der Waals surface area (Å²) in [4.78, 5) is 24.0. The van der Waals surface area contributed by atoms with E-state index in [1.54, 1.807) is 49.6 Å². The number of anilines is 1. The quantitative estimate of drug-likeness (QED) is 0.214. The van der Waals surface area contributed by atoms with Gasteiger partial charge in [-0.15, -0.1) is 0 Å². The Hall–Kier alpha value is -4.36. The van der Waals surface area contributed by atoms with Crippen LogP contribution in [0.4, 0.5) is 5.69 Å². The van der Waals surface area contributed by atoms with Crippen LogP contribution in [0.3, 0.4) is 0 Å². The first-order chi connectivity index (χ1) is 17.0. The van der Waals surface area contributed by atoms with E-state index in [2.05, 4.69) is 34.0 Å². The number of carbonyl (C=O) groups excluding carboxylic acids is 2. The highest BCUT2D eigenvalue weighted by atomic mass is 35.5. The summed E-state index contributed by atoms with van der Waals surface area (Å²) < 4.78 is 11.5. The Labute approximate surface area is 207 Å². The number of amides is 2. The summed E-state index contributed by atoms with van der Waals surface area (Å²) in [7, 11) is 1.55. The van der Waals surface area contributed by atoms with E-state index in [1.807, 2.05) is 24.3 Å². The van der Waals surface area contributed by atoms with E-state index in [-0.39, 0.29) is 0 Å². The molecule has 0 aromatic heterocycles.